The van der Waals surface area contributed by atoms with Gasteiger partial charge in [0.2, 0.25) is 0 Å². The van der Waals surface area contributed by atoms with E-state index in [9.17, 15) is 9.59 Å². The van der Waals surface area contributed by atoms with Crippen LogP contribution in [0.4, 0.5) is 5.82 Å². The molecule has 0 saturated heterocycles. The van der Waals surface area contributed by atoms with Crippen molar-refractivity contribution in [2.24, 2.45) is 0 Å². The molecule has 1 aliphatic heterocycles. The second-order valence-corrected chi connectivity index (χ2v) is 3.07. The van der Waals surface area contributed by atoms with Gasteiger partial charge in [0.05, 0.1) is 18.3 Å². The molecule has 1 aliphatic rings. The third-order valence-corrected chi connectivity index (χ3v) is 1.93. The van der Waals surface area contributed by atoms with Crippen molar-refractivity contribution in [2.45, 2.75) is 13.5 Å². The summed E-state index contributed by atoms with van der Waals surface area (Å²) in [4.78, 5) is 21.9. The Balaban J connectivity index is 2.11. The molecule has 0 unspecified atom stereocenters. The molecule has 0 spiro atoms. The number of carbonyl (C=O) groups is 2. The number of nitrogens with zero attached hydrogens (tertiary/aromatic N) is 2. The molecule has 0 radical (unpaired) electrons. The van der Waals surface area contributed by atoms with Crippen molar-refractivity contribution < 1.29 is 14.3 Å². The zero-order chi connectivity index (χ0) is 10.8. The summed E-state index contributed by atoms with van der Waals surface area (Å²) < 4.78 is 6.06. The van der Waals surface area contributed by atoms with Gasteiger partial charge in [-0.05, 0) is 0 Å². The maximum atomic E-state index is 11.3. The second kappa shape index (κ2) is 3.56. The first-order valence-electron chi connectivity index (χ1n) is 4.37. The number of hydrogen-bond acceptors (Lipinski definition) is 5. The van der Waals surface area contributed by atoms with Crippen LogP contribution in [0.3, 0.4) is 0 Å². The fraction of sp³-hybridized carbons (Fsp3) is 0.222. The summed E-state index contributed by atoms with van der Waals surface area (Å²) in [6.45, 7) is 1.50. The Bertz CT molecular complexity index is 447. The lowest BCUT2D eigenvalue weighted by Crippen LogP contribution is -2.21. The van der Waals surface area contributed by atoms with E-state index in [4.69, 9.17) is 0 Å². The van der Waals surface area contributed by atoms with Gasteiger partial charge < -0.3 is 10.1 Å². The quantitative estimate of drug-likeness (QED) is 0.529. The molecule has 78 valence electrons. The average molecular weight is 207 g/mol. The van der Waals surface area contributed by atoms with E-state index in [2.05, 4.69) is 15.2 Å². The van der Waals surface area contributed by atoms with Crippen molar-refractivity contribution in [3.63, 3.8) is 0 Å². The van der Waals surface area contributed by atoms with Gasteiger partial charge in [-0.3, -0.25) is 4.79 Å². The van der Waals surface area contributed by atoms with Gasteiger partial charge in [-0.15, -0.1) is 0 Å². The summed E-state index contributed by atoms with van der Waals surface area (Å²) in [5.74, 6) is -0.460. The molecule has 0 fully saturated rings. The minimum absolute atomic E-state index is 0.307. The zero-order valence-electron chi connectivity index (χ0n) is 8.06. The number of ether oxygens (including phenoxy) is 1. The van der Waals surface area contributed by atoms with Crippen LogP contribution in [0.25, 0.3) is 0 Å². The van der Waals surface area contributed by atoms with E-state index in [1.807, 2.05) is 0 Å². The highest BCUT2D eigenvalue weighted by Gasteiger charge is 2.18. The van der Waals surface area contributed by atoms with Gasteiger partial charge in [-0.25, -0.2) is 9.48 Å². The minimum atomic E-state index is -0.642. The number of aromatic nitrogens is 2. The topological polar surface area (TPSA) is 73.2 Å². The Hall–Kier alpha value is -2.11. The summed E-state index contributed by atoms with van der Waals surface area (Å²) >= 11 is 0. The largest absolute Gasteiger partial charge is 0.390 e. The van der Waals surface area contributed by atoms with Gasteiger partial charge in [0, 0.05) is 19.2 Å². The molecule has 0 saturated carbocycles. The molecule has 0 bridgehead atoms. The predicted molar refractivity (Wildman–Crippen MR) is 50.7 cm³/mol. The first kappa shape index (κ1) is 9.45. The van der Waals surface area contributed by atoms with Crippen LogP contribution in [0.1, 0.15) is 6.92 Å². The van der Waals surface area contributed by atoms with Crippen molar-refractivity contribution in [1.82, 2.24) is 9.78 Å². The van der Waals surface area contributed by atoms with E-state index in [0.717, 1.165) is 5.82 Å². The van der Waals surface area contributed by atoms with E-state index in [1.165, 1.54) is 13.1 Å². The molecular weight excluding hydrogens is 198 g/mol. The number of rotatable bonds is 1. The van der Waals surface area contributed by atoms with Gasteiger partial charge in [0.1, 0.15) is 5.82 Å². The average Bonchev–Trinajstić information content (AvgIpc) is 2.62. The van der Waals surface area contributed by atoms with Crippen LogP contribution in [0.2, 0.25) is 0 Å². The highest BCUT2D eigenvalue weighted by molar-refractivity contribution is 5.96. The standard InChI is InChI=1S/C9H9N3O3/c1-6(13)15-9(14)7-4-10-8-2-3-11-12(8)5-7/h2-4,10H,5H2,1H3. The van der Waals surface area contributed by atoms with Gasteiger partial charge in [0.25, 0.3) is 0 Å². The molecule has 1 N–H and O–H groups in total. The van der Waals surface area contributed by atoms with Crippen molar-refractivity contribution >= 4 is 17.8 Å². The highest BCUT2D eigenvalue weighted by Crippen LogP contribution is 2.15. The lowest BCUT2D eigenvalue weighted by atomic mass is 10.2. The summed E-state index contributed by atoms with van der Waals surface area (Å²) in [6, 6.07) is 1.78. The number of fused-ring (bicyclic) bond motifs is 1. The molecule has 2 rings (SSSR count). The van der Waals surface area contributed by atoms with Crippen molar-refractivity contribution in [3.05, 3.63) is 24.0 Å². The van der Waals surface area contributed by atoms with Crippen molar-refractivity contribution in [3.8, 4) is 0 Å². The number of carbonyl (C=O) groups excluding carboxylic acids is 2. The van der Waals surface area contributed by atoms with Crippen LogP contribution < -0.4 is 5.32 Å². The third-order valence-electron chi connectivity index (χ3n) is 1.93. The van der Waals surface area contributed by atoms with Crippen LogP contribution in [-0.4, -0.2) is 21.7 Å². The molecule has 15 heavy (non-hydrogen) atoms. The molecule has 1 aromatic heterocycles. The van der Waals surface area contributed by atoms with E-state index < -0.39 is 11.9 Å². The lowest BCUT2D eigenvalue weighted by molar-refractivity contribution is -0.155. The third kappa shape index (κ3) is 1.88. The van der Waals surface area contributed by atoms with Gasteiger partial charge >= 0.3 is 11.9 Å². The van der Waals surface area contributed by atoms with E-state index in [1.54, 1.807) is 16.9 Å². The predicted octanol–water partition coefficient (Wildman–Crippen LogP) is 0.282. The number of hydrogen-bond donors (Lipinski definition) is 1. The smallest absolute Gasteiger partial charge is 0.345 e. The first-order chi connectivity index (χ1) is 7.16. The zero-order valence-corrected chi connectivity index (χ0v) is 8.06. The van der Waals surface area contributed by atoms with Gasteiger partial charge in [-0.1, -0.05) is 0 Å². The summed E-state index contributed by atoms with van der Waals surface area (Å²) in [7, 11) is 0. The van der Waals surface area contributed by atoms with Crippen LogP contribution in [0.15, 0.2) is 24.0 Å². The van der Waals surface area contributed by atoms with Crippen LogP contribution in [-0.2, 0) is 20.9 Å². The molecule has 0 aliphatic carbocycles. The Morgan fingerprint density at radius 2 is 2.40 bits per heavy atom. The number of nitrogens with one attached hydrogen (secondary N) is 1. The normalized spacial score (nSPS) is 13.5. The molecule has 0 aromatic carbocycles. The Morgan fingerprint density at radius 1 is 1.60 bits per heavy atom. The van der Waals surface area contributed by atoms with E-state index in [-0.39, 0.29) is 0 Å². The van der Waals surface area contributed by atoms with Crippen LogP contribution in [0.5, 0.6) is 0 Å². The van der Waals surface area contributed by atoms with Crippen molar-refractivity contribution in [2.75, 3.05) is 5.32 Å². The molecular formula is C9H9N3O3. The summed E-state index contributed by atoms with van der Waals surface area (Å²) in [5.41, 5.74) is 0.362. The molecule has 6 nitrogen and oxygen atoms in total. The maximum Gasteiger partial charge on any atom is 0.345 e. The van der Waals surface area contributed by atoms with Gasteiger partial charge in [0.15, 0.2) is 0 Å². The minimum Gasteiger partial charge on any atom is -0.390 e. The van der Waals surface area contributed by atoms with Crippen LogP contribution >= 0.6 is 0 Å². The number of esters is 2. The Labute approximate surface area is 85.5 Å². The van der Waals surface area contributed by atoms with E-state index in [0.29, 0.717) is 12.1 Å². The molecule has 0 atom stereocenters. The Morgan fingerprint density at radius 3 is 3.13 bits per heavy atom. The lowest BCUT2D eigenvalue weighted by Gasteiger charge is -2.14. The maximum absolute atomic E-state index is 11.3. The van der Waals surface area contributed by atoms with Crippen molar-refractivity contribution in [1.29, 1.82) is 0 Å². The van der Waals surface area contributed by atoms with E-state index >= 15 is 0 Å². The second-order valence-electron chi connectivity index (χ2n) is 3.07. The monoisotopic (exact) mass is 207 g/mol. The van der Waals surface area contributed by atoms with Gasteiger partial charge in [-0.2, -0.15) is 5.10 Å². The SMILES string of the molecule is CC(=O)OC(=O)C1=CNc2ccnn2C1. The molecule has 6 heteroatoms. The number of anilines is 1. The fourth-order valence-electron chi connectivity index (χ4n) is 1.27. The first-order valence-corrected chi connectivity index (χ1v) is 4.37. The molecule has 2 heterocycles. The van der Waals surface area contributed by atoms with Crippen LogP contribution in [0, 0.1) is 0 Å². The summed E-state index contributed by atoms with van der Waals surface area (Å²) in [6.07, 6.45) is 3.14. The summed E-state index contributed by atoms with van der Waals surface area (Å²) in [5, 5.41) is 6.86. The fourth-order valence-corrected chi connectivity index (χ4v) is 1.27. The molecule has 0 amide bonds. The molecule has 1 aromatic rings. The Kier molecular flexibility index (Phi) is 2.24. The highest BCUT2D eigenvalue weighted by atomic mass is 16.6.